The number of imide groups is 1. The summed E-state index contributed by atoms with van der Waals surface area (Å²) in [7, 11) is 1.87. The van der Waals surface area contributed by atoms with Gasteiger partial charge in [0.1, 0.15) is 0 Å². The lowest BCUT2D eigenvalue weighted by molar-refractivity contribution is -0.121. The van der Waals surface area contributed by atoms with Crippen molar-refractivity contribution in [1.82, 2.24) is 10.2 Å². The minimum Gasteiger partial charge on any atom is -0.454 e. The van der Waals surface area contributed by atoms with Crippen molar-refractivity contribution in [3.05, 3.63) is 18.2 Å². The molecule has 1 aromatic rings. The van der Waals surface area contributed by atoms with Crippen LogP contribution in [0.5, 0.6) is 11.5 Å². The van der Waals surface area contributed by atoms with Crippen LogP contribution in [-0.2, 0) is 4.79 Å². The van der Waals surface area contributed by atoms with Crippen LogP contribution in [0.25, 0.3) is 0 Å². The van der Waals surface area contributed by atoms with E-state index in [4.69, 9.17) is 9.47 Å². The number of likely N-dealkylation sites (N-methyl/N-ethyl adjacent to an activating group) is 1. The van der Waals surface area contributed by atoms with Gasteiger partial charge in [-0.25, -0.2) is 4.79 Å². The molecule has 0 aromatic heterocycles. The molecule has 7 nitrogen and oxygen atoms in total. The number of nitrogens with zero attached hydrogens (tertiary/aromatic N) is 1. The predicted octanol–water partition coefficient (Wildman–Crippen LogP) is 2.43. The molecule has 0 spiro atoms. The van der Waals surface area contributed by atoms with Gasteiger partial charge in [0, 0.05) is 17.8 Å². The third-order valence-electron chi connectivity index (χ3n) is 4.19. The molecule has 1 atom stereocenters. The van der Waals surface area contributed by atoms with Crippen LogP contribution in [-0.4, -0.2) is 43.3 Å². The number of amides is 3. The lowest BCUT2D eigenvalue weighted by atomic mass is 9.87. The maximum absolute atomic E-state index is 12.0. The average molecular weight is 335 g/mol. The zero-order chi connectivity index (χ0) is 17.9. The number of rotatable bonds is 4. The van der Waals surface area contributed by atoms with Crippen LogP contribution in [0.1, 0.15) is 27.7 Å². The summed E-state index contributed by atoms with van der Waals surface area (Å²) in [5, 5.41) is 4.94. The summed E-state index contributed by atoms with van der Waals surface area (Å²) in [6.45, 7) is 8.70. The number of carbonyl (C=O) groups is 2. The number of anilines is 1. The summed E-state index contributed by atoms with van der Waals surface area (Å²) >= 11 is 0. The molecule has 1 aliphatic rings. The Bertz CT molecular complexity index is 625. The SMILES string of the molecule is CC(N(C)CC(=O)NC(=O)Nc1ccc2c(c1)OCO2)C(C)(C)C. The van der Waals surface area contributed by atoms with Crippen LogP contribution in [0.3, 0.4) is 0 Å². The first-order valence-corrected chi connectivity index (χ1v) is 7.87. The van der Waals surface area contributed by atoms with Crippen LogP contribution < -0.4 is 20.1 Å². The average Bonchev–Trinajstić information content (AvgIpc) is 2.92. The highest BCUT2D eigenvalue weighted by atomic mass is 16.7. The first-order valence-electron chi connectivity index (χ1n) is 7.87. The molecular formula is C17H25N3O4. The van der Waals surface area contributed by atoms with Crippen molar-refractivity contribution in [2.75, 3.05) is 25.7 Å². The number of urea groups is 1. The molecule has 24 heavy (non-hydrogen) atoms. The molecule has 132 valence electrons. The number of nitrogens with one attached hydrogen (secondary N) is 2. The molecule has 0 saturated heterocycles. The van der Waals surface area contributed by atoms with Gasteiger partial charge in [-0.05, 0) is 31.5 Å². The molecular weight excluding hydrogens is 310 g/mol. The van der Waals surface area contributed by atoms with E-state index in [9.17, 15) is 9.59 Å². The van der Waals surface area contributed by atoms with Gasteiger partial charge in [0.15, 0.2) is 11.5 Å². The minimum atomic E-state index is -0.573. The zero-order valence-electron chi connectivity index (χ0n) is 14.8. The number of fused-ring (bicyclic) bond motifs is 1. The molecule has 1 aromatic carbocycles. The van der Waals surface area contributed by atoms with Crippen molar-refractivity contribution in [2.24, 2.45) is 5.41 Å². The van der Waals surface area contributed by atoms with Crippen molar-refractivity contribution < 1.29 is 19.1 Å². The Hall–Kier alpha value is -2.28. The zero-order valence-corrected chi connectivity index (χ0v) is 14.8. The fourth-order valence-corrected chi connectivity index (χ4v) is 2.33. The Balaban J connectivity index is 1.85. The van der Waals surface area contributed by atoms with E-state index in [1.807, 2.05) is 11.9 Å². The molecule has 1 heterocycles. The Morgan fingerprint density at radius 1 is 1.25 bits per heavy atom. The molecule has 7 heteroatoms. The van der Waals surface area contributed by atoms with Crippen LogP contribution >= 0.6 is 0 Å². The highest BCUT2D eigenvalue weighted by Crippen LogP contribution is 2.34. The van der Waals surface area contributed by atoms with Crippen molar-refractivity contribution in [3.8, 4) is 11.5 Å². The molecule has 0 saturated carbocycles. The van der Waals surface area contributed by atoms with Gasteiger partial charge < -0.3 is 14.8 Å². The molecule has 1 unspecified atom stereocenters. The van der Waals surface area contributed by atoms with E-state index in [-0.39, 0.29) is 30.7 Å². The first-order chi connectivity index (χ1) is 11.2. The number of carbonyl (C=O) groups excluding carboxylic acids is 2. The van der Waals surface area contributed by atoms with E-state index in [1.165, 1.54) is 0 Å². The highest BCUT2D eigenvalue weighted by molar-refractivity contribution is 6.01. The van der Waals surface area contributed by atoms with E-state index < -0.39 is 6.03 Å². The predicted molar refractivity (Wildman–Crippen MR) is 91.3 cm³/mol. The van der Waals surface area contributed by atoms with E-state index in [2.05, 4.69) is 38.3 Å². The summed E-state index contributed by atoms with van der Waals surface area (Å²) in [5.41, 5.74) is 0.574. The standard InChI is InChI=1S/C17H25N3O4/c1-11(17(2,3)4)20(5)9-15(21)19-16(22)18-12-6-7-13-14(8-12)24-10-23-13/h6-8,11H,9-10H2,1-5H3,(H2,18,19,21,22). The highest BCUT2D eigenvalue weighted by Gasteiger charge is 2.25. The molecule has 1 aliphatic heterocycles. The lowest BCUT2D eigenvalue weighted by Gasteiger charge is -2.34. The Morgan fingerprint density at radius 2 is 1.92 bits per heavy atom. The Labute approximate surface area is 142 Å². The molecule has 0 aliphatic carbocycles. The monoisotopic (exact) mass is 335 g/mol. The van der Waals surface area contributed by atoms with E-state index in [1.54, 1.807) is 18.2 Å². The fourth-order valence-electron chi connectivity index (χ4n) is 2.33. The second-order valence-electron chi connectivity index (χ2n) is 7.03. The van der Waals surface area contributed by atoms with Crippen LogP contribution in [0.2, 0.25) is 0 Å². The summed E-state index contributed by atoms with van der Waals surface area (Å²) in [5.74, 6) is 0.847. The van der Waals surface area contributed by atoms with E-state index in [0.717, 1.165) is 0 Å². The second kappa shape index (κ2) is 7.09. The molecule has 0 fully saturated rings. The van der Waals surface area contributed by atoms with Gasteiger partial charge in [0.25, 0.3) is 0 Å². The van der Waals surface area contributed by atoms with Crippen molar-refractivity contribution in [2.45, 2.75) is 33.7 Å². The molecule has 3 amide bonds. The van der Waals surface area contributed by atoms with E-state index in [0.29, 0.717) is 17.2 Å². The largest absolute Gasteiger partial charge is 0.454 e. The molecule has 0 radical (unpaired) electrons. The summed E-state index contributed by atoms with van der Waals surface area (Å²) in [6.07, 6.45) is 0. The first kappa shape index (κ1) is 18.1. The van der Waals surface area contributed by atoms with Crippen molar-refractivity contribution in [3.63, 3.8) is 0 Å². The van der Waals surface area contributed by atoms with E-state index >= 15 is 0 Å². The second-order valence-corrected chi connectivity index (χ2v) is 7.03. The molecule has 2 N–H and O–H groups in total. The number of ether oxygens (including phenoxy) is 2. The topological polar surface area (TPSA) is 79.9 Å². The normalized spacial score (nSPS) is 14.4. The van der Waals surface area contributed by atoms with Gasteiger partial charge >= 0.3 is 6.03 Å². The summed E-state index contributed by atoms with van der Waals surface area (Å²) in [4.78, 5) is 25.9. The van der Waals surface area contributed by atoms with Gasteiger partial charge in [-0.15, -0.1) is 0 Å². The lowest BCUT2D eigenvalue weighted by Crippen LogP contribution is -2.46. The maximum Gasteiger partial charge on any atom is 0.325 e. The van der Waals surface area contributed by atoms with Gasteiger partial charge in [0.05, 0.1) is 6.54 Å². The quantitative estimate of drug-likeness (QED) is 0.883. The summed E-state index contributed by atoms with van der Waals surface area (Å²) < 4.78 is 10.5. The smallest absolute Gasteiger partial charge is 0.325 e. The van der Waals surface area contributed by atoms with Crippen LogP contribution in [0.4, 0.5) is 10.5 Å². The van der Waals surface area contributed by atoms with Crippen molar-refractivity contribution >= 4 is 17.6 Å². The van der Waals surface area contributed by atoms with Crippen molar-refractivity contribution in [1.29, 1.82) is 0 Å². The third-order valence-corrected chi connectivity index (χ3v) is 4.19. The van der Waals surface area contributed by atoms with Gasteiger partial charge in [-0.3, -0.25) is 15.0 Å². The fraction of sp³-hybridized carbons (Fsp3) is 0.529. The molecule has 2 rings (SSSR count). The van der Waals surface area contributed by atoms with Crippen LogP contribution in [0.15, 0.2) is 18.2 Å². The number of hydrogen-bond donors (Lipinski definition) is 2. The van der Waals surface area contributed by atoms with Crippen LogP contribution in [0, 0.1) is 5.41 Å². The molecule has 0 bridgehead atoms. The number of benzene rings is 1. The third kappa shape index (κ3) is 4.61. The Kier molecular flexibility index (Phi) is 5.33. The van der Waals surface area contributed by atoms with Gasteiger partial charge in [-0.2, -0.15) is 0 Å². The maximum atomic E-state index is 12.0. The van der Waals surface area contributed by atoms with Gasteiger partial charge in [-0.1, -0.05) is 20.8 Å². The minimum absolute atomic E-state index is 0.0454. The Morgan fingerprint density at radius 3 is 2.58 bits per heavy atom. The van der Waals surface area contributed by atoms with Gasteiger partial charge in [0.2, 0.25) is 12.7 Å². The number of hydrogen-bond acceptors (Lipinski definition) is 5. The summed E-state index contributed by atoms with van der Waals surface area (Å²) in [6, 6.07) is 4.67.